The van der Waals surface area contributed by atoms with Gasteiger partial charge in [-0.05, 0) is 37.0 Å². The zero-order chi connectivity index (χ0) is 11.4. The molecule has 3 aliphatic rings. The summed E-state index contributed by atoms with van der Waals surface area (Å²) in [6.07, 6.45) is 5.53. The predicted octanol–water partition coefficient (Wildman–Crippen LogP) is 2.88. The van der Waals surface area contributed by atoms with Gasteiger partial charge in [-0.25, -0.2) is 0 Å². The number of nitrogens with zero attached hydrogens (tertiary/aromatic N) is 1. The summed E-state index contributed by atoms with van der Waals surface area (Å²) >= 11 is 0. The third-order valence-electron chi connectivity index (χ3n) is 5.14. The summed E-state index contributed by atoms with van der Waals surface area (Å²) in [7, 11) is 0. The van der Waals surface area contributed by atoms with Gasteiger partial charge in [0.25, 0.3) is 0 Å². The van der Waals surface area contributed by atoms with Gasteiger partial charge in [0.05, 0.1) is 6.61 Å². The van der Waals surface area contributed by atoms with Crippen LogP contribution < -0.4 is 0 Å². The minimum Gasteiger partial charge on any atom is -0.353 e. The lowest BCUT2D eigenvalue weighted by molar-refractivity contribution is 0.000687. The fourth-order valence-corrected chi connectivity index (χ4v) is 3.86. The van der Waals surface area contributed by atoms with Crippen molar-refractivity contribution in [1.82, 2.24) is 4.90 Å². The molecular formula is C14H25NO. The standard InChI is InChI=1S/C14H25NO/c1-13(2,3)11-6-8-15-7-4-5-12(9-11)14(15)10-16-14/h11-12H,4-10H2,1-3H3/t11-,12+,14-/m0/s1. The Morgan fingerprint density at radius 2 is 1.94 bits per heavy atom. The molecule has 0 aromatic rings. The molecule has 2 nitrogen and oxygen atoms in total. The van der Waals surface area contributed by atoms with Crippen LogP contribution in [0.1, 0.15) is 46.5 Å². The van der Waals surface area contributed by atoms with Crippen LogP contribution >= 0.6 is 0 Å². The summed E-state index contributed by atoms with van der Waals surface area (Å²) in [6.45, 7) is 10.8. The molecule has 4 atom stereocenters. The molecular weight excluding hydrogens is 198 g/mol. The second kappa shape index (κ2) is 3.46. The fourth-order valence-electron chi connectivity index (χ4n) is 3.86. The summed E-state index contributed by atoms with van der Waals surface area (Å²) < 4.78 is 5.87. The highest BCUT2D eigenvalue weighted by Gasteiger charge is 2.59. The van der Waals surface area contributed by atoms with E-state index in [2.05, 4.69) is 25.7 Å². The maximum absolute atomic E-state index is 5.87. The van der Waals surface area contributed by atoms with E-state index in [9.17, 15) is 0 Å². The largest absolute Gasteiger partial charge is 0.353 e. The molecule has 3 fully saturated rings. The highest BCUT2D eigenvalue weighted by atomic mass is 16.6. The van der Waals surface area contributed by atoms with Crippen LogP contribution in [-0.4, -0.2) is 30.3 Å². The molecule has 3 heterocycles. The van der Waals surface area contributed by atoms with Gasteiger partial charge in [-0.1, -0.05) is 20.8 Å². The Morgan fingerprint density at radius 3 is 2.56 bits per heavy atom. The number of piperidine rings is 1. The average Bonchev–Trinajstić information content (AvgIpc) is 2.97. The van der Waals surface area contributed by atoms with Crippen LogP contribution in [0.4, 0.5) is 0 Å². The molecule has 3 aliphatic heterocycles. The van der Waals surface area contributed by atoms with Gasteiger partial charge in [0.1, 0.15) is 5.72 Å². The van der Waals surface area contributed by atoms with Crippen LogP contribution in [0.5, 0.6) is 0 Å². The molecule has 2 heteroatoms. The van der Waals surface area contributed by atoms with Gasteiger partial charge in [-0.3, -0.25) is 4.90 Å². The SMILES string of the molecule is CC(C)(C)[C@H]1CCN2CCC[C@H](C1)[C@@]21CO1. The van der Waals surface area contributed by atoms with E-state index in [0.29, 0.717) is 5.41 Å². The van der Waals surface area contributed by atoms with Crippen molar-refractivity contribution in [1.29, 1.82) is 0 Å². The Labute approximate surface area is 99.3 Å². The first-order valence-electron chi connectivity index (χ1n) is 6.91. The highest BCUT2D eigenvalue weighted by molar-refractivity contribution is 5.03. The van der Waals surface area contributed by atoms with Crippen molar-refractivity contribution in [2.75, 3.05) is 19.7 Å². The lowest BCUT2D eigenvalue weighted by Crippen LogP contribution is -2.47. The lowest BCUT2D eigenvalue weighted by atomic mass is 9.73. The van der Waals surface area contributed by atoms with Crippen molar-refractivity contribution in [2.45, 2.75) is 52.2 Å². The monoisotopic (exact) mass is 223 g/mol. The maximum Gasteiger partial charge on any atom is 0.148 e. The predicted molar refractivity (Wildman–Crippen MR) is 65.2 cm³/mol. The zero-order valence-electron chi connectivity index (χ0n) is 11.0. The van der Waals surface area contributed by atoms with Crippen molar-refractivity contribution in [3.8, 4) is 0 Å². The quantitative estimate of drug-likeness (QED) is 0.587. The molecule has 0 aromatic carbocycles. The smallest absolute Gasteiger partial charge is 0.148 e. The minimum absolute atomic E-state index is 0.207. The van der Waals surface area contributed by atoms with Gasteiger partial charge in [-0.2, -0.15) is 0 Å². The van der Waals surface area contributed by atoms with Crippen LogP contribution in [0.15, 0.2) is 0 Å². The first-order chi connectivity index (χ1) is 7.52. The van der Waals surface area contributed by atoms with E-state index in [1.165, 1.54) is 38.8 Å². The highest BCUT2D eigenvalue weighted by Crippen LogP contribution is 2.51. The van der Waals surface area contributed by atoms with Crippen LogP contribution in [0.3, 0.4) is 0 Å². The molecule has 0 aliphatic carbocycles. The molecule has 0 aromatic heterocycles. The van der Waals surface area contributed by atoms with E-state index in [-0.39, 0.29) is 5.72 Å². The molecule has 0 N–H and O–H groups in total. The third kappa shape index (κ3) is 1.62. The van der Waals surface area contributed by atoms with Crippen LogP contribution in [0.2, 0.25) is 0 Å². The molecule has 2 bridgehead atoms. The normalized spacial score (nSPS) is 47.8. The van der Waals surface area contributed by atoms with Gasteiger partial charge >= 0.3 is 0 Å². The Balaban J connectivity index is 1.82. The average molecular weight is 223 g/mol. The number of rotatable bonds is 0. The van der Waals surface area contributed by atoms with Gasteiger partial charge in [0, 0.05) is 19.0 Å². The second-order valence-electron chi connectivity index (χ2n) is 7.05. The van der Waals surface area contributed by atoms with Crippen molar-refractivity contribution >= 4 is 0 Å². The topological polar surface area (TPSA) is 15.8 Å². The Kier molecular flexibility index (Phi) is 2.38. The summed E-state index contributed by atoms with van der Waals surface area (Å²) in [5.74, 6) is 1.69. The summed E-state index contributed by atoms with van der Waals surface area (Å²) in [5.41, 5.74) is 0.674. The first-order valence-corrected chi connectivity index (χ1v) is 6.91. The second-order valence-corrected chi connectivity index (χ2v) is 7.05. The molecule has 92 valence electrons. The summed E-state index contributed by atoms with van der Waals surface area (Å²) in [4.78, 5) is 2.65. The molecule has 0 amide bonds. The van der Waals surface area contributed by atoms with E-state index in [1.807, 2.05) is 0 Å². The van der Waals surface area contributed by atoms with E-state index in [0.717, 1.165) is 18.4 Å². The molecule has 16 heavy (non-hydrogen) atoms. The lowest BCUT2D eigenvalue weighted by Gasteiger charge is -2.37. The molecule has 0 saturated carbocycles. The summed E-state index contributed by atoms with van der Waals surface area (Å²) in [6, 6.07) is 0. The van der Waals surface area contributed by atoms with Gasteiger partial charge in [0.15, 0.2) is 0 Å². The van der Waals surface area contributed by atoms with Crippen molar-refractivity contribution in [2.24, 2.45) is 17.3 Å². The van der Waals surface area contributed by atoms with Gasteiger partial charge in [-0.15, -0.1) is 0 Å². The number of ether oxygens (including phenoxy) is 1. The van der Waals surface area contributed by atoms with E-state index >= 15 is 0 Å². The van der Waals surface area contributed by atoms with Crippen LogP contribution in [0, 0.1) is 17.3 Å². The van der Waals surface area contributed by atoms with Gasteiger partial charge < -0.3 is 4.74 Å². The Morgan fingerprint density at radius 1 is 1.19 bits per heavy atom. The Bertz CT molecular complexity index is 277. The van der Waals surface area contributed by atoms with Gasteiger partial charge in [0.2, 0.25) is 0 Å². The maximum atomic E-state index is 5.87. The van der Waals surface area contributed by atoms with Crippen LogP contribution in [-0.2, 0) is 4.74 Å². The van der Waals surface area contributed by atoms with Crippen molar-refractivity contribution in [3.05, 3.63) is 0 Å². The number of hydrogen-bond acceptors (Lipinski definition) is 2. The van der Waals surface area contributed by atoms with E-state index in [1.54, 1.807) is 0 Å². The number of epoxide rings is 1. The molecule has 1 spiro atoms. The molecule has 0 radical (unpaired) electrons. The minimum atomic E-state index is 0.207. The van der Waals surface area contributed by atoms with E-state index < -0.39 is 0 Å². The Hall–Kier alpha value is -0.0800. The fraction of sp³-hybridized carbons (Fsp3) is 1.00. The van der Waals surface area contributed by atoms with Crippen molar-refractivity contribution < 1.29 is 4.74 Å². The van der Waals surface area contributed by atoms with E-state index in [4.69, 9.17) is 4.74 Å². The third-order valence-corrected chi connectivity index (χ3v) is 5.14. The molecule has 3 saturated heterocycles. The number of hydrogen-bond donors (Lipinski definition) is 0. The summed E-state index contributed by atoms with van der Waals surface area (Å²) in [5, 5.41) is 0. The molecule has 1 unspecified atom stereocenters. The zero-order valence-corrected chi connectivity index (χ0v) is 11.0. The first kappa shape index (κ1) is 11.0. The van der Waals surface area contributed by atoms with Crippen LogP contribution in [0.25, 0.3) is 0 Å². The van der Waals surface area contributed by atoms with Crippen molar-refractivity contribution in [3.63, 3.8) is 0 Å². The molecule has 3 rings (SSSR count).